The molecular weight excluding hydrogens is 265 g/mol. The summed E-state index contributed by atoms with van der Waals surface area (Å²) in [5, 5.41) is 7.66. The third-order valence-electron chi connectivity index (χ3n) is 2.99. The van der Waals surface area contributed by atoms with Gasteiger partial charge in [-0.25, -0.2) is 4.39 Å². The Kier molecular flexibility index (Phi) is 4.56. The Morgan fingerprint density at radius 2 is 2.26 bits per heavy atom. The van der Waals surface area contributed by atoms with Gasteiger partial charge < -0.3 is 5.32 Å². The van der Waals surface area contributed by atoms with E-state index in [2.05, 4.69) is 10.4 Å². The van der Waals surface area contributed by atoms with Crippen molar-refractivity contribution in [2.24, 2.45) is 7.05 Å². The molecule has 0 aliphatic heterocycles. The van der Waals surface area contributed by atoms with E-state index < -0.39 is 0 Å². The van der Waals surface area contributed by atoms with Gasteiger partial charge in [0.2, 0.25) is 0 Å². The molecule has 1 aromatic heterocycles. The standard InChI is InChI=1S/C14H17ClFN3/c1-3-17-14(6-10-8-18-19(2)9-10)11-4-5-12(15)13(16)7-11/h4-5,7-9,14,17H,3,6H2,1-2H3. The van der Waals surface area contributed by atoms with Crippen LogP contribution < -0.4 is 5.32 Å². The maximum atomic E-state index is 13.5. The van der Waals surface area contributed by atoms with Crippen LogP contribution in [-0.2, 0) is 13.5 Å². The van der Waals surface area contributed by atoms with Gasteiger partial charge in [-0.15, -0.1) is 0 Å². The summed E-state index contributed by atoms with van der Waals surface area (Å²) in [5.41, 5.74) is 2.01. The molecule has 1 unspecified atom stereocenters. The number of nitrogens with one attached hydrogen (secondary N) is 1. The molecule has 0 saturated heterocycles. The first-order chi connectivity index (χ1) is 9.10. The summed E-state index contributed by atoms with van der Waals surface area (Å²) in [6, 6.07) is 5.00. The topological polar surface area (TPSA) is 29.9 Å². The Morgan fingerprint density at radius 3 is 2.84 bits per heavy atom. The molecule has 102 valence electrons. The van der Waals surface area contributed by atoms with Crippen LogP contribution in [0.15, 0.2) is 30.6 Å². The summed E-state index contributed by atoms with van der Waals surface area (Å²) >= 11 is 5.72. The highest BCUT2D eigenvalue weighted by molar-refractivity contribution is 6.30. The highest BCUT2D eigenvalue weighted by atomic mass is 35.5. The van der Waals surface area contributed by atoms with Crippen molar-refractivity contribution in [3.8, 4) is 0 Å². The van der Waals surface area contributed by atoms with Crippen LogP contribution in [0.4, 0.5) is 4.39 Å². The molecule has 1 N–H and O–H groups in total. The van der Waals surface area contributed by atoms with E-state index in [1.165, 1.54) is 6.07 Å². The minimum Gasteiger partial charge on any atom is -0.310 e. The van der Waals surface area contributed by atoms with Gasteiger partial charge in [0.05, 0.1) is 11.2 Å². The number of halogens is 2. The van der Waals surface area contributed by atoms with Gasteiger partial charge in [0.1, 0.15) is 5.82 Å². The Balaban J connectivity index is 2.21. The molecule has 2 rings (SSSR count). The SMILES string of the molecule is CCNC(Cc1cnn(C)c1)c1ccc(Cl)c(F)c1. The van der Waals surface area contributed by atoms with Crippen LogP contribution in [0.2, 0.25) is 5.02 Å². The van der Waals surface area contributed by atoms with Gasteiger partial charge in [0.15, 0.2) is 0 Å². The number of aromatic nitrogens is 2. The van der Waals surface area contributed by atoms with Gasteiger partial charge in [-0.3, -0.25) is 4.68 Å². The van der Waals surface area contributed by atoms with Crippen LogP contribution in [0.25, 0.3) is 0 Å². The molecule has 0 spiro atoms. The summed E-state index contributed by atoms with van der Waals surface area (Å²) in [5.74, 6) is -0.381. The van der Waals surface area contributed by atoms with Crippen molar-refractivity contribution in [3.63, 3.8) is 0 Å². The van der Waals surface area contributed by atoms with Gasteiger partial charge >= 0.3 is 0 Å². The van der Waals surface area contributed by atoms with E-state index >= 15 is 0 Å². The smallest absolute Gasteiger partial charge is 0.142 e. The monoisotopic (exact) mass is 281 g/mol. The summed E-state index contributed by atoms with van der Waals surface area (Å²) < 4.78 is 15.3. The van der Waals surface area contributed by atoms with E-state index in [4.69, 9.17) is 11.6 Å². The largest absolute Gasteiger partial charge is 0.310 e. The van der Waals surface area contributed by atoms with Crippen molar-refractivity contribution < 1.29 is 4.39 Å². The first-order valence-electron chi connectivity index (χ1n) is 6.26. The maximum Gasteiger partial charge on any atom is 0.142 e. The second-order valence-electron chi connectivity index (χ2n) is 4.51. The summed E-state index contributed by atoms with van der Waals surface area (Å²) in [6.07, 6.45) is 4.57. The van der Waals surface area contributed by atoms with Crippen LogP contribution in [-0.4, -0.2) is 16.3 Å². The molecule has 0 radical (unpaired) electrons. The summed E-state index contributed by atoms with van der Waals surface area (Å²) in [7, 11) is 1.88. The highest BCUT2D eigenvalue weighted by Crippen LogP contribution is 2.23. The fourth-order valence-electron chi connectivity index (χ4n) is 2.10. The van der Waals surface area contributed by atoms with E-state index in [-0.39, 0.29) is 16.9 Å². The average Bonchev–Trinajstić information content (AvgIpc) is 2.78. The van der Waals surface area contributed by atoms with Gasteiger partial charge in [-0.1, -0.05) is 24.6 Å². The molecule has 2 aromatic rings. The normalized spacial score (nSPS) is 12.6. The molecule has 1 atom stereocenters. The number of benzene rings is 1. The number of rotatable bonds is 5. The third kappa shape index (κ3) is 3.55. The van der Waals surface area contributed by atoms with E-state index in [9.17, 15) is 4.39 Å². The molecule has 0 aliphatic carbocycles. The van der Waals surface area contributed by atoms with Crippen molar-refractivity contribution in [2.75, 3.05) is 6.54 Å². The summed E-state index contributed by atoms with van der Waals surface area (Å²) in [4.78, 5) is 0. The first-order valence-corrected chi connectivity index (χ1v) is 6.63. The molecular formula is C14H17ClFN3. The van der Waals surface area contributed by atoms with E-state index in [1.807, 2.05) is 32.4 Å². The van der Waals surface area contributed by atoms with Crippen LogP contribution in [0.1, 0.15) is 24.1 Å². The van der Waals surface area contributed by atoms with Gasteiger partial charge in [-0.05, 0) is 36.2 Å². The fourth-order valence-corrected chi connectivity index (χ4v) is 2.21. The lowest BCUT2D eigenvalue weighted by molar-refractivity contribution is 0.542. The van der Waals surface area contributed by atoms with Crippen molar-refractivity contribution in [2.45, 2.75) is 19.4 Å². The summed E-state index contributed by atoms with van der Waals surface area (Å²) in [6.45, 7) is 2.84. The molecule has 0 fully saturated rings. The number of nitrogens with zero attached hydrogens (tertiary/aromatic N) is 2. The third-order valence-corrected chi connectivity index (χ3v) is 3.30. The predicted octanol–water partition coefficient (Wildman–Crippen LogP) is 3.11. The van der Waals surface area contributed by atoms with Crippen molar-refractivity contribution in [1.29, 1.82) is 0 Å². The average molecular weight is 282 g/mol. The predicted molar refractivity (Wildman–Crippen MR) is 74.7 cm³/mol. The van der Waals surface area contributed by atoms with Crippen LogP contribution in [0.3, 0.4) is 0 Å². The number of hydrogen-bond acceptors (Lipinski definition) is 2. The molecule has 19 heavy (non-hydrogen) atoms. The maximum absolute atomic E-state index is 13.5. The zero-order valence-electron chi connectivity index (χ0n) is 11.0. The molecule has 0 amide bonds. The highest BCUT2D eigenvalue weighted by Gasteiger charge is 2.14. The molecule has 1 aromatic carbocycles. The van der Waals surface area contributed by atoms with Crippen LogP contribution in [0.5, 0.6) is 0 Å². The first kappa shape index (κ1) is 14.0. The molecule has 5 heteroatoms. The Hall–Kier alpha value is -1.39. The second kappa shape index (κ2) is 6.17. The zero-order valence-corrected chi connectivity index (χ0v) is 11.8. The Morgan fingerprint density at radius 1 is 1.47 bits per heavy atom. The van der Waals surface area contributed by atoms with Crippen molar-refractivity contribution >= 4 is 11.6 Å². The minimum absolute atomic E-state index is 0.0565. The zero-order chi connectivity index (χ0) is 13.8. The van der Waals surface area contributed by atoms with Crippen LogP contribution >= 0.6 is 11.6 Å². The number of aryl methyl sites for hydroxylation is 1. The lowest BCUT2D eigenvalue weighted by Crippen LogP contribution is -2.23. The number of likely N-dealkylation sites (N-methyl/N-ethyl adjacent to an activating group) is 1. The number of hydrogen-bond donors (Lipinski definition) is 1. The van der Waals surface area contributed by atoms with Crippen LogP contribution in [0, 0.1) is 5.82 Å². The molecule has 0 bridgehead atoms. The lowest BCUT2D eigenvalue weighted by atomic mass is 10.0. The molecule has 3 nitrogen and oxygen atoms in total. The minimum atomic E-state index is -0.381. The second-order valence-corrected chi connectivity index (χ2v) is 4.92. The fraction of sp³-hybridized carbons (Fsp3) is 0.357. The molecule has 0 saturated carbocycles. The van der Waals surface area contributed by atoms with Gasteiger partial charge in [-0.2, -0.15) is 5.10 Å². The Bertz CT molecular complexity index is 553. The quantitative estimate of drug-likeness (QED) is 0.913. The van der Waals surface area contributed by atoms with E-state index in [0.29, 0.717) is 0 Å². The van der Waals surface area contributed by atoms with Gasteiger partial charge in [0.25, 0.3) is 0 Å². The van der Waals surface area contributed by atoms with E-state index in [1.54, 1.807) is 10.7 Å². The van der Waals surface area contributed by atoms with Crippen molar-refractivity contribution in [1.82, 2.24) is 15.1 Å². The van der Waals surface area contributed by atoms with Gasteiger partial charge in [0, 0.05) is 19.3 Å². The van der Waals surface area contributed by atoms with Crippen molar-refractivity contribution in [3.05, 3.63) is 52.6 Å². The molecule has 1 heterocycles. The van der Waals surface area contributed by atoms with E-state index in [0.717, 1.165) is 24.1 Å². The lowest BCUT2D eigenvalue weighted by Gasteiger charge is -2.18. The Labute approximate surface area is 117 Å². The molecule has 0 aliphatic rings.